The number of para-hydroxylation sites is 2. The molecule has 1 aliphatic heterocycles. The fourth-order valence-electron chi connectivity index (χ4n) is 3.69. The Labute approximate surface area is 204 Å². The van der Waals surface area contributed by atoms with Crippen LogP contribution < -0.4 is 21.7 Å². The Kier molecular flexibility index (Phi) is 7.81. The number of rotatable bonds is 4. The Morgan fingerprint density at radius 1 is 1.09 bits per heavy atom. The number of hydrogen-bond acceptors (Lipinski definition) is 6. The summed E-state index contributed by atoms with van der Waals surface area (Å²) in [5.41, 5.74) is 7.09. The van der Waals surface area contributed by atoms with Crippen LogP contribution in [0.5, 0.6) is 0 Å². The van der Waals surface area contributed by atoms with Gasteiger partial charge in [-0.2, -0.15) is 5.26 Å². The molecule has 2 atom stereocenters. The van der Waals surface area contributed by atoms with Gasteiger partial charge in [-0.05, 0) is 70.0 Å². The number of carbonyl (C=O) groups is 3. The molecule has 0 spiro atoms. The van der Waals surface area contributed by atoms with E-state index in [1.54, 1.807) is 69.3 Å². The number of nitrogens with one attached hydrogen (secondary N) is 3. The van der Waals surface area contributed by atoms with E-state index in [-0.39, 0.29) is 19.0 Å². The maximum atomic E-state index is 13.2. The first-order valence-electron chi connectivity index (χ1n) is 11.3. The summed E-state index contributed by atoms with van der Waals surface area (Å²) < 4.78 is 5.51. The molecule has 2 unspecified atom stereocenters. The van der Waals surface area contributed by atoms with Gasteiger partial charge in [0.2, 0.25) is 5.91 Å². The number of urea groups is 1. The number of nitrogens with two attached hydrogens (primary N) is 1. The smallest absolute Gasteiger partial charge is 0.410 e. The Morgan fingerprint density at radius 2 is 1.77 bits per heavy atom. The van der Waals surface area contributed by atoms with Crippen LogP contribution in [0.2, 0.25) is 0 Å². The van der Waals surface area contributed by atoms with Crippen molar-refractivity contribution in [1.29, 1.82) is 5.26 Å². The fraction of sp³-hybridized carbons (Fsp3) is 0.360. The van der Waals surface area contributed by atoms with Crippen molar-refractivity contribution >= 4 is 35.1 Å². The van der Waals surface area contributed by atoms with Crippen molar-refractivity contribution in [1.82, 2.24) is 10.2 Å². The van der Waals surface area contributed by atoms with Crippen LogP contribution >= 0.6 is 0 Å². The third-order valence-electron chi connectivity index (χ3n) is 5.36. The average Bonchev–Trinajstić information content (AvgIpc) is 2.79. The maximum Gasteiger partial charge on any atom is 0.410 e. The molecule has 10 nitrogen and oxygen atoms in total. The van der Waals surface area contributed by atoms with Gasteiger partial charge in [-0.1, -0.05) is 12.1 Å². The van der Waals surface area contributed by atoms with E-state index in [0.717, 1.165) is 0 Å². The zero-order valence-electron chi connectivity index (χ0n) is 20.0. The first-order valence-corrected chi connectivity index (χ1v) is 11.3. The largest absolute Gasteiger partial charge is 0.444 e. The van der Waals surface area contributed by atoms with E-state index in [2.05, 4.69) is 16.0 Å². The number of amides is 4. The molecule has 0 radical (unpaired) electrons. The van der Waals surface area contributed by atoms with Crippen molar-refractivity contribution < 1.29 is 19.1 Å². The summed E-state index contributed by atoms with van der Waals surface area (Å²) in [5.74, 6) is -0.423. The molecular weight excluding hydrogens is 448 g/mol. The number of hydrogen-bond donors (Lipinski definition) is 4. The molecule has 1 fully saturated rings. The third kappa shape index (κ3) is 7.11. The van der Waals surface area contributed by atoms with Crippen molar-refractivity contribution in [3.8, 4) is 6.07 Å². The van der Waals surface area contributed by atoms with Crippen LogP contribution in [0.15, 0.2) is 48.5 Å². The summed E-state index contributed by atoms with van der Waals surface area (Å²) in [7, 11) is 0. The summed E-state index contributed by atoms with van der Waals surface area (Å²) in [5, 5.41) is 17.3. The third-order valence-corrected chi connectivity index (χ3v) is 5.36. The van der Waals surface area contributed by atoms with Crippen LogP contribution in [0.25, 0.3) is 0 Å². The molecule has 1 aliphatic rings. The molecule has 0 saturated carbocycles. The molecule has 1 saturated heterocycles. The van der Waals surface area contributed by atoms with E-state index in [0.29, 0.717) is 29.0 Å². The Morgan fingerprint density at radius 3 is 2.40 bits per heavy atom. The normalized spacial score (nSPS) is 17.6. The van der Waals surface area contributed by atoms with E-state index in [9.17, 15) is 14.4 Å². The lowest BCUT2D eigenvalue weighted by Gasteiger charge is -2.39. The van der Waals surface area contributed by atoms with Gasteiger partial charge in [0.1, 0.15) is 11.6 Å². The number of nitrogens with zero attached hydrogens (tertiary/aromatic N) is 2. The van der Waals surface area contributed by atoms with Crippen molar-refractivity contribution in [3.63, 3.8) is 0 Å². The van der Waals surface area contributed by atoms with Gasteiger partial charge >= 0.3 is 12.1 Å². The highest BCUT2D eigenvalue weighted by molar-refractivity contribution is 5.99. The van der Waals surface area contributed by atoms with Crippen LogP contribution in [-0.2, 0) is 9.53 Å². The molecule has 0 bridgehead atoms. The van der Waals surface area contributed by atoms with Crippen LogP contribution in [0.4, 0.5) is 26.7 Å². The lowest BCUT2D eigenvalue weighted by atomic mass is 9.96. The molecule has 5 N–H and O–H groups in total. The molecule has 0 aliphatic carbocycles. The van der Waals surface area contributed by atoms with Crippen molar-refractivity contribution in [2.45, 2.75) is 51.3 Å². The number of likely N-dealkylation sites (tertiary alicyclic amines) is 1. The van der Waals surface area contributed by atoms with E-state index >= 15 is 0 Å². The summed E-state index contributed by atoms with van der Waals surface area (Å²) >= 11 is 0. The molecule has 2 aromatic rings. The second kappa shape index (κ2) is 10.8. The number of anilines is 3. The molecular formula is C25H30N6O4. The van der Waals surface area contributed by atoms with Gasteiger partial charge < -0.3 is 26.4 Å². The quantitative estimate of drug-likeness (QED) is 0.493. The number of nitrogen functional groups attached to an aromatic ring is 1. The predicted octanol–water partition coefficient (Wildman–Crippen LogP) is 3.67. The van der Waals surface area contributed by atoms with Gasteiger partial charge in [0, 0.05) is 18.3 Å². The minimum atomic E-state index is -0.876. The van der Waals surface area contributed by atoms with Crippen molar-refractivity contribution in [2.24, 2.45) is 0 Å². The molecule has 184 valence electrons. The molecule has 3 rings (SSSR count). The summed E-state index contributed by atoms with van der Waals surface area (Å²) in [6.45, 7) is 5.49. The minimum Gasteiger partial charge on any atom is -0.444 e. The standard InChI is InChI=1S/C25H30N6O4/c1-25(2,3)35-24(34)31-13-12-18(29-23(33)28-17-10-8-16(15-26)9-11-17)14-21(31)22(32)30-20-7-5-4-6-19(20)27/h4-11,18,21H,12-14,27H2,1-3H3,(H,30,32)(H2,28,29,33). The van der Waals surface area contributed by atoms with Gasteiger partial charge in [0.15, 0.2) is 0 Å². The Bertz CT molecular complexity index is 1120. The molecule has 0 aromatic heterocycles. The lowest BCUT2D eigenvalue weighted by molar-refractivity contribution is -0.122. The molecule has 10 heteroatoms. The second-order valence-corrected chi connectivity index (χ2v) is 9.27. The van der Waals surface area contributed by atoms with E-state index in [1.165, 1.54) is 4.90 Å². The number of ether oxygens (including phenoxy) is 1. The van der Waals surface area contributed by atoms with Gasteiger partial charge in [0.05, 0.1) is 23.0 Å². The summed E-state index contributed by atoms with van der Waals surface area (Å²) in [6, 6.07) is 13.6. The Balaban J connectivity index is 1.71. The zero-order chi connectivity index (χ0) is 25.6. The van der Waals surface area contributed by atoms with E-state index < -0.39 is 29.7 Å². The van der Waals surface area contributed by atoms with Gasteiger partial charge in [0.25, 0.3) is 0 Å². The lowest BCUT2D eigenvalue weighted by Crippen LogP contribution is -2.57. The zero-order valence-corrected chi connectivity index (χ0v) is 20.0. The van der Waals surface area contributed by atoms with Crippen molar-refractivity contribution in [3.05, 3.63) is 54.1 Å². The van der Waals surface area contributed by atoms with Gasteiger partial charge in [-0.3, -0.25) is 9.69 Å². The first kappa shape index (κ1) is 25.4. The number of benzene rings is 2. The van der Waals surface area contributed by atoms with E-state index in [1.807, 2.05) is 6.07 Å². The average molecular weight is 479 g/mol. The van der Waals surface area contributed by atoms with Crippen LogP contribution in [0, 0.1) is 11.3 Å². The minimum absolute atomic E-state index is 0.193. The van der Waals surface area contributed by atoms with E-state index in [4.69, 9.17) is 15.7 Å². The van der Waals surface area contributed by atoms with Crippen molar-refractivity contribution in [2.75, 3.05) is 22.9 Å². The highest BCUT2D eigenvalue weighted by atomic mass is 16.6. The monoisotopic (exact) mass is 478 g/mol. The predicted molar refractivity (Wildman–Crippen MR) is 133 cm³/mol. The number of nitriles is 1. The fourth-order valence-corrected chi connectivity index (χ4v) is 3.69. The topological polar surface area (TPSA) is 150 Å². The molecule has 2 aromatic carbocycles. The maximum absolute atomic E-state index is 13.2. The molecule has 35 heavy (non-hydrogen) atoms. The number of piperidine rings is 1. The van der Waals surface area contributed by atoms with Gasteiger partial charge in [-0.25, -0.2) is 9.59 Å². The number of carbonyl (C=O) groups excluding carboxylic acids is 3. The highest BCUT2D eigenvalue weighted by Crippen LogP contribution is 2.24. The SMILES string of the molecule is CC(C)(C)OC(=O)N1CCC(NC(=O)Nc2ccc(C#N)cc2)CC1C(=O)Nc1ccccc1N. The molecule has 4 amide bonds. The van der Waals surface area contributed by atoms with Crippen LogP contribution in [0.1, 0.15) is 39.2 Å². The van der Waals surface area contributed by atoms with Crippen LogP contribution in [-0.4, -0.2) is 47.2 Å². The van der Waals surface area contributed by atoms with Gasteiger partial charge in [-0.15, -0.1) is 0 Å². The first-order chi connectivity index (χ1) is 16.6. The Hall–Kier alpha value is -4.26. The highest BCUT2D eigenvalue weighted by Gasteiger charge is 2.39. The molecule has 1 heterocycles. The summed E-state index contributed by atoms with van der Waals surface area (Å²) in [6.07, 6.45) is 0.0368. The van der Waals surface area contributed by atoms with Crippen LogP contribution in [0.3, 0.4) is 0 Å². The second-order valence-electron chi connectivity index (χ2n) is 9.27. The summed E-state index contributed by atoms with van der Waals surface area (Å²) in [4.78, 5) is 40.0.